The number of halogens is 1. The van der Waals surface area contributed by atoms with Gasteiger partial charge < -0.3 is 15.8 Å². The van der Waals surface area contributed by atoms with Crippen LogP contribution in [0, 0.1) is 5.82 Å². The molecule has 0 saturated heterocycles. The molecule has 0 saturated carbocycles. The van der Waals surface area contributed by atoms with E-state index in [1.165, 1.54) is 23.1 Å². The van der Waals surface area contributed by atoms with Crippen molar-refractivity contribution in [2.45, 2.75) is 39.1 Å². The number of hydrogen-bond donors (Lipinski definition) is 2. The van der Waals surface area contributed by atoms with Crippen LogP contribution in [0.2, 0.25) is 0 Å². The van der Waals surface area contributed by atoms with Gasteiger partial charge in [0.2, 0.25) is 11.8 Å². The van der Waals surface area contributed by atoms with Crippen molar-refractivity contribution >= 4 is 11.8 Å². The molecule has 0 bridgehead atoms. The Kier molecular flexibility index (Phi) is 8.30. The minimum atomic E-state index is -0.892. The Balaban J connectivity index is 1.89. The summed E-state index contributed by atoms with van der Waals surface area (Å²) in [7, 11) is 1.60. The Morgan fingerprint density at radius 1 is 1.14 bits per heavy atom. The fraction of sp³-hybridized carbons (Fsp3) is 0.364. The molecule has 0 aliphatic carbocycles. The Hall–Kier alpha value is -2.77. The summed E-state index contributed by atoms with van der Waals surface area (Å²) in [5.41, 5.74) is 7.89. The summed E-state index contributed by atoms with van der Waals surface area (Å²) in [5.74, 6) is -1.37. The topological polar surface area (TPSA) is 84.7 Å². The largest absolute Gasteiger partial charge is 0.374 e. The molecule has 1 atom stereocenters. The maximum absolute atomic E-state index is 13.5. The second-order valence-electron chi connectivity index (χ2n) is 7.23. The van der Waals surface area contributed by atoms with Crippen LogP contribution in [0.3, 0.4) is 0 Å². The molecule has 0 aromatic heterocycles. The van der Waals surface area contributed by atoms with Crippen LogP contribution in [0.5, 0.6) is 0 Å². The maximum atomic E-state index is 13.5. The molecule has 2 rings (SSSR count). The van der Waals surface area contributed by atoms with Gasteiger partial charge in [-0.2, -0.15) is 0 Å². The van der Waals surface area contributed by atoms with Crippen molar-refractivity contribution in [2.24, 2.45) is 5.73 Å². The zero-order valence-corrected chi connectivity index (χ0v) is 17.0. The minimum absolute atomic E-state index is 0.0512. The van der Waals surface area contributed by atoms with Gasteiger partial charge >= 0.3 is 0 Å². The lowest BCUT2D eigenvalue weighted by atomic mass is 10.0. The first-order valence-electron chi connectivity index (χ1n) is 9.47. The second kappa shape index (κ2) is 10.7. The van der Waals surface area contributed by atoms with E-state index < -0.39 is 17.8 Å². The quantitative estimate of drug-likeness (QED) is 0.641. The number of rotatable bonds is 10. The van der Waals surface area contributed by atoms with E-state index in [1.807, 2.05) is 38.1 Å². The Morgan fingerprint density at radius 3 is 2.38 bits per heavy atom. The van der Waals surface area contributed by atoms with Gasteiger partial charge in [0.15, 0.2) is 0 Å². The standard InChI is InChI=1S/C22H28FN3O3/c1-15(2)29-14-17-9-7-16(8-10-17)12-25-20(27)13-26(3)21(22(24)28)18-5-4-6-19(23)11-18/h4-11,15,21H,12-14H2,1-3H3,(H2,24,28)(H,25,27). The van der Waals surface area contributed by atoms with E-state index in [1.54, 1.807) is 13.1 Å². The van der Waals surface area contributed by atoms with E-state index in [0.717, 1.165) is 11.1 Å². The summed E-state index contributed by atoms with van der Waals surface area (Å²) >= 11 is 0. The van der Waals surface area contributed by atoms with Crippen molar-refractivity contribution in [3.05, 3.63) is 71.0 Å². The first-order chi connectivity index (χ1) is 13.8. The minimum Gasteiger partial charge on any atom is -0.374 e. The van der Waals surface area contributed by atoms with Gasteiger partial charge in [-0.3, -0.25) is 14.5 Å². The molecule has 3 N–H and O–H groups in total. The Labute approximate surface area is 170 Å². The third-order valence-electron chi connectivity index (χ3n) is 4.36. The van der Waals surface area contributed by atoms with Crippen LogP contribution < -0.4 is 11.1 Å². The first kappa shape index (κ1) is 22.5. The third kappa shape index (κ3) is 7.29. The highest BCUT2D eigenvalue weighted by molar-refractivity contribution is 5.83. The molecule has 7 heteroatoms. The fourth-order valence-electron chi connectivity index (χ4n) is 2.90. The van der Waals surface area contributed by atoms with E-state index in [4.69, 9.17) is 10.5 Å². The predicted molar refractivity (Wildman–Crippen MR) is 109 cm³/mol. The number of carbonyl (C=O) groups excluding carboxylic acids is 2. The Morgan fingerprint density at radius 2 is 1.79 bits per heavy atom. The molecule has 2 amide bonds. The van der Waals surface area contributed by atoms with Crippen molar-refractivity contribution in [1.82, 2.24) is 10.2 Å². The maximum Gasteiger partial charge on any atom is 0.239 e. The van der Waals surface area contributed by atoms with Crippen LogP contribution in [0.1, 0.15) is 36.6 Å². The average Bonchev–Trinajstić information content (AvgIpc) is 2.65. The van der Waals surface area contributed by atoms with Crippen molar-refractivity contribution in [3.63, 3.8) is 0 Å². The molecule has 0 aliphatic heterocycles. The van der Waals surface area contributed by atoms with Crippen LogP contribution in [-0.4, -0.2) is 36.4 Å². The smallest absolute Gasteiger partial charge is 0.239 e. The third-order valence-corrected chi connectivity index (χ3v) is 4.36. The van der Waals surface area contributed by atoms with Gasteiger partial charge in [0, 0.05) is 6.54 Å². The number of benzene rings is 2. The van der Waals surface area contributed by atoms with Crippen molar-refractivity contribution in [2.75, 3.05) is 13.6 Å². The normalized spacial score (nSPS) is 12.2. The summed E-state index contributed by atoms with van der Waals surface area (Å²) in [4.78, 5) is 25.7. The van der Waals surface area contributed by atoms with Gasteiger partial charge in [0.25, 0.3) is 0 Å². The van der Waals surface area contributed by atoms with Crippen LogP contribution in [0.4, 0.5) is 4.39 Å². The lowest BCUT2D eigenvalue weighted by Crippen LogP contribution is -2.41. The summed E-state index contributed by atoms with van der Waals surface area (Å²) in [6.45, 7) is 4.82. The average molecular weight is 401 g/mol. The summed E-state index contributed by atoms with van der Waals surface area (Å²) in [6, 6.07) is 12.5. The molecule has 0 aliphatic rings. The molecule has 6 nitrogen and oxygen atoms in total. The zero-order chi connectivity index (χ0) is 21.4. The van der Waals surface area contributed by atoms with Gasteiger partial charge in [0.1, 0.15) is 11.9 Å². The molecule has 0 radical (unpaired) electrons. The number of hydrogen-bond acceptors (Lipinski definition) is 4. The molecule has 0 spiro atoms. The molecule has 156 valence electrons. The number of likely N-dealkylation sites (N-methyl/N-ethyl adjacent to an activating group) is 1. The predicted octanol–water partition coefficient (Wildman–Crippen LogP) is 2.53. The highest BCUT2D eigenvalue weighted by Gasteiger charge is 2.24. The van der Waals surface area contributed by atoms with Gasteiger partial charge in [0.05, 0.1) is 19.3 Å². The summed E-state index contributed by atoms with van der Waals surface area (Å²) in [6.07, 6.45) is 0.169. The van der Waals surface area contributed by atoms with E-state index in [-0.39, 0.29) is 18.6 Å². The Bertz CT molecular complexity index is 824. The highest BCUT2D eigenvalue weighted by atomic mass is 19.1. The first-order valence-corrected chi connectivity index (χ1v) is 9.47. The SMILES string of the molecule is CC(C)OCc1ccc(CNC(=O)CN(C)C(C(N)=O)c2cccc(F)c2)cc1. The molecule has 2 aromatic rings. The molecular weight excluding hydrogens is 373 g/mol. The lowest BCUT2D eigenvalue weighted by molar-refractivity contribution is -0.126. The van der Waals surface area contributed by atoms with Gasteiger partial charge in [-0.25, -0.2) is 4.39 Å². The van der Waals surface area contributed by atoms with Gasteiger partial charge in [-0.15, -0.1) is 0 Å². The summed E-state index contributed by atoms with van der Waals surface area (Å²) in [5, 5.41) is 2.82. The number of carbonyl (C=O) groups is 2. The number of nitrogens with one attached hydrogen (secondary N) is 1. The molecule has 0 fully saturated rings. The van der Waals surface area contributed by atoms with Crippen molar-refractivity contribution < 1.29 is 18.7 Å². The van der Waals surface area contributed by atoms with Gasteiger partial charge in [-0.05, 0) is 49.7 Å². The fourth-order valence-corrected chi connectivity index (χ4v) is 2.90. The van der Waals surface area contributed by atoms with E-state index >= 15 is 0 Å². The molecule has 1 unspecified atom stereocenters. The molecule has 0 heterocycles. The highest BCUT2D eigenvalue weighted by Crippen LogP contribution is 2.19. The number of primary amides is 1. The van der Waals surface area contributed by atoms with Crippen LogP contribution in [0.15, 0.2) is 48.5 Å². The van der Waals surface area contributed by atoms with Crippen LogP contribution >= 0.6 is 0 Å². The van der Waals surface area contributed by atoms with Crippen molar-refractivity contribution in [3.8, 4) is 0 Å². The van der Waals surface area contributed by atoms with E-state index in [2.05, 4.69) is 5.32 Å². The molecular formula is C22H28FN3O3. The number of nitrogens with zero attached hydrogens (tertiary/aromatic N) is 1. The second-order valence-corrected chi connectivity index (χ2v) is 7.23. The number of nitrogens with two attached hydrogens (primary N) is 1. The number of ether oxygens (including phenoxy) is 1. The number of amides is 2. The van der Waals surface area contributed by atoms with E-state index in [0.29, 0.717) is 18.7 Å². The van der Waals surface area contributed by atoms with Crippen LogP contribution in [-0.2, 0) is 27.5 Å². The molecule has 2 aromatic carbocycles. The van der Waals surface area contributed by atoms with Gasteiger partial charge in [-0.1, -0.05) is 36.4 Å². The lowest BCUT2D eigenvalue weighted by Gasteiger charge is -2.25. The van der Waals surface area contributed by atoms with Crippen molar-refractivity contribution in [1.29, 1.82) is 0 Å². The monoisotopic (exact) mass is 401 g/mol. The zero-order valence-electron chi connectivity index (χ0n) is 17.0. The molecule has 29 heavy (non-hydrogen) atoms. The summed E-state index contributed by atoms with van der Waals surface area (Å²) < 4.78 is 19.0. The van der Waals surface area contributed by atoms with Crippen LogP contribution in [0.25, 0.3) is 0 Å². The van der Waals surface area contributed by atoms with E-state index in [9.17, 15) is 14.0 Å².